The second kappa shape index (κ2) is 9.27. The van der Waals surface area contributed by atoms with Gasteiger partial charge in [0.05, 0.1) is 5.36 Å². The van der Waals surface area contributed by atoms with Crippen LogP contribution in [-0.2, 0) is 21.9 Å². The normalized spacial score (nSPS) is 19.5. The standard InChI is InChI=1S/C21H28N6O3S/c1-26-11-8-20(25-26)31(29,30)27-12-6-16(7-13-27)4-2-3-9-23-21(28)19-14-17-15-22-10-5-18(17)24-19/h5,8,10-11,14-16,19H,2-4,6-7,9,12-13H2,1H3,(H,23,28). The molecule has 2 aromatic heterocycles. The van der Waals surface area contributed by atoms with Gasteiger partial charge in [-0.3, -0.25) is 19.5 Å². The Morgan fingerprint density at radius 3 is 2.74 bits per heavy atom. The van der Waals surface area contributed by atoms with Crippen molar-refractivity contribution in [1.29, 1.82) is 0 Å². The zero-order chi connectivity index (χ0) is 21.8. The predicted molar refractivity (Wildman–Crippen MR) is 115 cm³/mol. The number of sulfonamides is 1. The van der Waals surface area contributed by atoms with Gasteiger partial charge in [0, 0.05) is 50.5 Å². The molecule has 2 aliphatic rings. The Morgan fingerprint density at radius 1 is 1.23 bits per heavy atom. The second-order valence-corrected chi connectivity index (χ2v) is 10.0. The lowest BCUT2D eigenvalue weighted by Crippen LogP contribution is -2.38. The lowest BCUT2D eigenvalue weighted by Gasteiger charge is -2.30. The number of unbranched alkanes of at least 4 members (excludes halogenated alkanes) is 1. The third-order valence-electron chi connectivity index (χ3n) is 5.92. The summed E-state index contributed by atoms with van der Waals surface area (Å²) >= 11 is 0. The molecule has 1 amide bonds. The van der Waals surface area contributed by atoms with Gasteiger partial charge in [0.25, 0.3) is 10.0 Å². The fourth-order valence-electron chi connectivity index (χ4n) is 4.11. The molecule has 1 unspecified atom stereocenters. The highest BCUT2D eigenvalue weighted by Gasteiger charge is 2.30. The van der Waals surface area contributed by atoms with Gasteiger partial charge in [0.15, 0.2) is 5.03 Å². The summed E-state index contributed by atoms with van der Waals surface area (Å²) in [5.41, 5.74) is 0. The maximum Gasteiger partial charge on any atom is 0.262 e. The van der Waals surface area contributed by atoms with Crippen LogP contribution in [0.25, 0.3) is 6.08 Å². The summed E-state index contributed by atoms with van der Waals surface area (Å²) in [6.07, 6.45) is 11.6. The van der Waals surface area contributed by atoms with Gasteiger partial charge in [-0.2, -0.15) is 9.40 Å². The molecule has 1 fully saturated rings. The minimum absolute atomic E-state index is 0.0794. The van der Waals surface area contributed by atoms with Gasteiger partial charge >= 0.3 is 0 Å². The molecule has 4 rings (SSSR count). The van der Waals surface area contributed by atoms with E-state index >= 15 is 0 Å². The molecule has 31 heavy (non-hydrogen) atoms. The summed E-state index contributed by atoms with van der Waals surface area (Å²) in [6, 6.07) is 2.89. The minimum Gasteiger partial charge on any atom is -0.354 e. The molecule has 4 heterocycles. The number of nitrogens with one attached hydrogen (secondary N) is 1. The summed E-state index contributed by atoms with van der Waals surface area (Å²) in [5.74, 6) is 0.440. The van der Waals surface area contributed by atoms with Crippen molar-refractivity contribution in [3.05, 3.63) is 41.3 Å². The number of fused-ring (bicyclic) bond motifs is 1. The van der Waals surface area contributed by atoms with Crippen LogP contribution in [0.2, 0.25) is 0 Å². The summed E-state index contributed by atoms with van der Waals surface area (Å²) in [6.45, 7) is 1.70. The van der Waals surface area contributed by atoms with E-state index < -0.39 is 16.1 Å². The molecule has 1 atom stereocenters. The van der Waals surface area contributed by atoms with Crippen LogP contribution in [-0.4, -0.2) is 59.1 Å². The van der Waals surface area contributed by atoms with Crippen molar-refractivity contribution in [1.82, 2.24) is 24.4 Å². The van der Waals surface area contributed by atoms with E-state index in [0.717, 1.165) is 42.7 Å². The van der Waals surface area contributed by atoms with Gasteiger partial charge in [-0.1, -0.05) is 12.8 Å². The number of hydrogen-bond donors (Lipinski definition) is 1. The number of carbonyl (C=O) groups excluding carboxylic acids is 1. The molecule has 0 aromatic carbocycles. The third kappa shape index (κ3) is 5.01. The van der Waals surface area contributed by atoms with Crippen molar-refractivity contribution < 1.29 is 13.2 Å². The highest BCUT2D eigenvalue weighted by Crippen LogP contribution is 2.26. The maximum atomic E-state index is 12.6. The van der Waals surface area contributed by atoms with Crippen LogP contribution in [0.3, 0.4) is 0 Å². The number of piperidine rings is 1. The number of pyridine rings is 1. The molecule has 2 aromatic rings. The quantitative estimate of drug-likeness (QED) is 0.576. The van der Waals surface area contributed by atoms with Crippen LogP contribution in [0.15, 0.2) is 40.7 Å². The topological polar surface area (TPSA) is 110 Å². The van der Waals surface area contributed by atoms with Crippen LogP contribution in [0.5, 0.6) is 0 Å². The van der Waals surface area contributed by atoms with Crippen molar-refractivity contribution >= 4 is 22.0 Å². The summed E-state index contributed by atoms with van der Waals surface area (Å²) in [7, 11) is -1.78. The molecule has 10 heteroatoms. The Labute approximate surface area is 181 Å². The van der Waals surface area contributed by atoms with Crippen LogP contribution in [0.4, 0.5) is 0 Å². The summed E-state index contributed by atoms with van der Waals surface area (Å²) in [4.78, 5) is 20.8. The molecule has 9 nitrogen and oxygen atoms in total. The minimum atomic E-state index is -3.49. The zero-order valence-corrected chi connectivity index (χ0v) is 18.5. The van der Waals surface area contributed by atoms with E-state index in [-0.39, 0.29) is 10.9 Å². The van der Waals surface area contributed by atoms with Crippen LogP contribution < -0.4 is 15.9 Å². The molecule has 0 radical (unpaired) electrons. The summed E-state index contributed by atoms with van der Waals surface area (Å²) < 4.78 is 28.3. The lowest BCUT2D eigenvalue weighted by molar-refractivity contribution is -0.121. The molecule has 1 N–H and O–H groups in total. The molecule has 166 valence electrons. The molecule has 0 saturated carbocycles. The second-order valence-electron chi connectivity index (χ2n) is 8.14. The predicted octanol–water partition coefficient (Wildman–Crippen LogP) is -0.0152. The number of nitrogens with zero attached hydrogens (tertiary/aromatic N) is 5. The Morgan fingerprint density at radius 2 is 2.03 bits per heavy atom. The fraction of sp³-hybridized carbons (Fsp3) is 0.524. The Kier molecular flexibility index (Phi) is 6.47. The largest absolute Gasteiger partial charge is 0.354 e. The van der Waals surface area contributed by atoms with Crippen molar-refractivity contribution in [3.63, 3.8) is 0 Å². The van der Waals surface area contributed by atoms with Gasteiger partial charge in [0.1, 0.15) is 6.04 Å². The first-order valence-corrected chi connectivity index (χ1v) is 12.1. The van der Waals surface area contributed by atoms with Gasteiger partial charge in [-0.05, 0) is 43.4 Å². The number of hydrogen-bond acceptors (Lipinski definition) is 6. The van der Waals surface area contributed by atoms with Gasteiger partial charge in [-0.15, -0.1) is 0 Å². The van der Waals surface area contributed by atoms with E-state index in [9.17, 15) is 13.2 Å². The van der Waals surface area contributed by atoms with E-state index in [2.05, 4.69) is 20.4 Å². The molecule has 2 aliphatic heterocycles. The van der Waals surface area contributed by atoms with E-state index in [1.54, 1.807) is 36.0 Å². The van der Waals surface area contributed by atoms with E-state index in [1.165, 1.54) is 4.68 Å². The number of aryl methyl sites for hydroxylation is 1. The van der Waals surface area contributed by atoms with E-state index in [4.69, 9.17) is 0 Å². The number of rotatable bonds is 8. The maximum absolute atomic E-state index is 12.6. The smallest absolute Gasteiger partial charge is 0.262 e. The van der Waals surface area contributed by atoms with Crippen LogP contribution in [0.1, 0.15) is 32.1 Å². The lowest BCUT2D eigenvalue weighted by atomic mass is 9.92. The number of aromatic nitrogens is 3. The molecular formula is C21H28N6O3S. The van der Waals surface area contributed by atoms with E-state index in [1.807, 2.05) is 12.1 Å². The average Bonchev–Trinajstić information content (AvgIpc) is 3.40. The monoisotopic (exact) mass is 444 g/mol. The molecule has 0 bridgehead atoms. The zero-order valence-electron chi connectivity index (χ0n) is 17.6. The number of amides is 1. The first-order chi connectivity index (χ1) is 14.9. The third-order valence-corrected chi connectivity index (χ3v) is 7.71. The van der Waals surface area contributed by atoms with Gasteiger partial charge in [-0.25, -0.2) is 8.42 Å². The van der Waals surface area contributed by atoms with Crippen molar-refractivity contribution in [2.45, 2.75) is 43.2 Å². The number of carbonyl (C=O) groups is 1. The first-order valence-electron chi connectivity index (χ1n) is 10.7. The molecule has 0 spiro atoms. The molecular weight excluding hydrogens is 416 g/mol. The van der Waals surface area contributed by atoms with E-state index in [0.29, 0.717) is 25.6 Å². The van der Waals surface area contributed by atoms with Crippen LogP contribution in [0, 0.1) is 5.92 Å². The highest BCUT2D eigenvalue weighted by atomic mass is 32.2. The highest BCUT2D eigenvalue weighted by molar-refractivity contribution is 7.89. The van der Waals surface area contributed by atoms with Crippen molar-refractivity contribution in [2.24, 2.45) is 18.0 Å². The molecule has 0 aliphatic carbocycles. The Bertz CT molecular complexity index is 1120. The fourth-order valence-corrected chi connectivity index (χ4v) is 5.53. The SMILES string of the molecule is Cn1ccc(S(=O)(=O)N2CCC(CCCCNC(=O)C3C=c4cnccc4=N3)CC2)n1. The van der Waals surface area contributed by atoms with Crippen LogP contribution >= 0.6 is 0 Å². The summed E-state index contributed by atoms with van der Waals surface area (Å²) in [5, 5.41) is 8.84. The first kappa shape index (κ1) is 21.6. The average molecular weight is 445 g/mol. The Hall–Kier alpha value is -2.59. The van der Waals surface area contributed by atoms with Gasteiger partial charge < -0.3 is 5.32 Å². The van der Waals surface area contributed by atoms with Crippen molar-refractivity contribution in [3.8, 4) is 0 Å². The molecule has 1 saturated heterocycles. The Balaban J connectivity index is 1.14. The van der Waals surface area contributed by atoms with Gasteiger partial charge in [0.2, 0.25) is 5.91 Å². The van der Waals surface area contributed by atoms with Crippen molar-refractivity contribution in [2.75, 3.05) is 19.6 Å².